The van der Waals surface area contributed by atoms with Crippen LogP contribution in [0.25, 0.3) is 10.3 Å². The van der Waals surface area contributed by atoms with Crippen molar-refractivity contribution < 1.29 is 4.79 Å². The maximum absolute atomic E-state index is 11.9. The minimum atomic E-state index is -0.138. The summed E-state index contributed by atoms with van der Waals surface area (Å²) in [7, 11) is 4.02. The fourth-order valence-electron chi connectivity index (χ4n) is 1.63. The van der Waals surface area contributed by atoms with Gasteiger partial charge >= 0.3 is 0 Å². The summed E-state index contributed by atoms with van der Waals surface area (Å²) < 4.78 is 0. The number of carbonyl (C=O) groups excluding carboxylic acids is 1. The van der Waals surface area contributed by atoms with E-state index < -0.39 is 0 Å². The molecule has 0 aromatic carbocycles. The number of aromatic nitrogens is 3. The van der Waals surface area contributed by atoms with Crippen LogP contribution in [0.3, 0.4) is 0 Å². The average Bonchev–Trinajstić information content (AvgIpc) is 2.79. The number of hydrogen-bond donors (Lipinski definition) is 1. The first-order valence-corrected chi connectivity index (χ1v) is 6.90. The summed E-state index contributed by atoms with van der Waals surface area (Å²) in [6, 6.07) is 0. The summed E-state index contributed by atoms with van der Waals surface area (Å²) in [5, 5.41) is 3.32. The zero-order valence-corrected chi connectivity index (χ0v) is 12.1. The van der Waals surface area contributed by atoms with Gasteiger partial charge in [-0.2, -0.15) is 0 Å². The molecule has 0 saturated carbocycles. The van der Waals surface area contributed by atoms with Crippen molar-refractivity contribution in [3.05, 3.63) is 17.0 Å². The Hall–Kier alpha value is -1.60. The average molecular weight is 279 g/mol. The van der Waals surface area contributed by atoms with Gasteiger partial charge in [0, 0.05) is 6.54 Å². The van der Waals surface area contributed by atoms with Crippen molar-refractivity contribution >= 4 is 27.6 Å². The number of carbonyl (C=O) groups is 1. The summed E-state index contributed by atoms with van der Waals surface area (Å²) in [6.07, 6.45) is 2.41. The van der Waals surface area contributed by atoms with Crippen molar-refractivity contribution in [1.82, 2.24) is 25.2 Å². The standard InChI is InChI=1S/C12H17N5OS/c1-8-9-11(15-7-14-8)19-12(16-9)10(18)13-5-4-6-17(2)3/h7H,4-6H2,1-3H3,(H,13,18). The van der Waals surface area contributed by atoms with Gasteiger partial charge in [-0.3, -0.25) is 4.79 Å². The Bertz CT molecular complexity index is 581. The Morgan fingerprint density at radius 2 is 2.21 bits per heavy atom. The Labute approximate surface area is 115 Å². The molecule has 7 heteroatoms. The molecule has 0 aliphatic heterocycles. The van der Waals surface area contributed by atoms with Crippen LogP contribution in [0.5, 0.6) is 0 Å². The molecule has 0 spiro atoms. The summed E-state index contributed by atoms with van der Waals surface area (Å²) in [5.41, 5.74) is 1.51. The first-order valence-electron chi connectivity index (χ1n) is 6.09. The van der Waals surface area contributed by atoms with E-state index in [1.807, 2.05) is 21.0 Å². The van der Waals surface area contributed by atoms with Crippen LogP contribution in [0, 0.1) is 6.92 Å². The van der Waals surface area contributed by atoms with Crippen molar-refractivity contribution in [1.29, 1.82) is 0 Å². The molecule has 0 aliphatic carbocycles. The fourth-order valence-corrected chi connectivity index (χ4v) is 2.51. The Morgan fingerprint density at radius 1 is 1.42 bits per heavy atom. The highest BCUT2D eigenvalue weighted by molar-refractivity contribution is 7.19. The zero-order chi connectivity index (χ0) is 13.8. The first-order chi connectivity index (χ1) is 9.08. The molecular weight excluding hydrogens is 262 g/mol. The minimum absolute atomic E-state index is 0.138. The van der Waals surface area contributed by atoms with Gasteiger partial charge in [-0.15, -0.1) is 0 Å². The normalized spacial score (nSPS) is 11.2. The van der Waals surface area contributed by atoms with Crippen LogP contribution >= 0.6 is 11.3 Å². The molecule has 102 valence electrons. The van der Waals surface area contributed by atoms with Crippen molar-refractivity contribution in [2.75, 3.05) is 27.2 Å². The third-order valence-electron chi connectivity index (χ3n) is 2.64. The van der Waals surface area contributed by atoms with E-state index in [0.29, 0.717) is 17.1 Å². The summed E-state index contributed by atoms with van der Waals surface area (Å²) in [4.78, 5) is 27.3. The fraction of sp³-hybridized carbons (Fsp3) is 0.500. The highest BCUT2D eigenvalue weighted by Gasteiger charge is 2.13. The van der Waals surface area contributed by atoms with Gasteiger partial charge in [-0.05, 0) is 34.0 Å². The van der Waals surface area contributed by atoms with Gasteiger partial charge in [0.2, 0.25) is 0 Å². The number of aryl methyl sites for hydroxylation is 1. The summed E-state index contributed by atoms with van der Waals surface area (Å²) in [5.74, 6) is -0.138. The molecule has 19 heavy (non-hydrogen) atoms. The molecule has 2 heterocycles. The summed E-state index contributed by atoms with van der Waals surface area (Å²) in [6.45, 7) is 3.46. The van der Waals surface area contributed by atoms with E-state index in [0.717, 1.165) is 23.5 Å². The Balaban J connectivity index is 2.00. The number of hydrogen-bond acceptors (Lipinski definition) is 6. The van der Waals surface area contributed by atoms with Gasteiger partial charge in [-0.25, -0.2) is 15.0 Å². The van der Waals surface area contributed by atoms with Gasteiger partial charge in [0.25, 0.3) is 5.91 Å². The second kappa shape index (κ2) is 6.03. The Kier molecular flexibility index (Phi) is 4.39. The van der Waals surface area contributed by atoms with Crippen LogP contribution < -0.4 is 5.32 Å². The number of amides is 1. The van der Waals surface area contributed by atoms with E-state index >= 15 is 0 Å². The molecule has 0 unspecified atom stereocenters. The van der Waals surface area contributed by atoms with Gasteiger partial charge < -0.3 is 10.2 Å². The van der Waals surface area contributed by atoms with Crippen LogP contribution in [-0.4, -0.2) is 52.9 Å². The van der Waals surface area contributed by atoms with E-state index in [9.17, 15) is 4.79 Å². The zero-order valence-electron chi connectivity index (χ0n) is 11.3. The number of nitrogens with zero attached hydrogens (tertiary/aromatic N) is 4. The molecular formula is C12H17N5OS. The van der Waals surface area contributed by atoms with Crippen LogP contribution in [0.4, 0.5) is 0 Å². The number of fused-ring (bicyclic) bond motifs is 1. The smallest absolute Gasteiger partial charge is 0.280 e. The molecule has 2 aromatic rings. The molecule has 6 nitrogen and oxygen atoms in total. The molecule has 0 fully saturated rings. The molecule has 1 amide bonds. The number of thiazole rings is 1. The monoisotopic (exact) mass is 279 g/mol. The van der Waals surface area contributed by atoms with Crippen LogP contribution in [-0.2, 0) is 0 Å². The molecule has 0 bridgehead atoms. The Morgan fingerprint density at radius 3 is 2.89 bits per heavy atom. The van der Waals surface area contributed by atoms with Crippen molar-refractivity contribution in [3.8, 4) is 0 Å². The third kappa shape index (κ3) is 3.45. The highest BCUT2D eigenvalue weighted by atomic mass is 32.1. The lowest BCUT2D eigenvalue weighted by Gasteiger charge is -2.08. The quantitative estimate of drug-likeness (QED) is 0.829. The van der Waals surface area contributed by atoms with Crippen LogP contribution in [0.15, 0.2) is 6.33 Å². The lowest BCUT2D eigenvalue weighted by Crippen LogP contribution is -2.26. The van der Waals surface area contributed by atoms with Gasteiger partial charge in [0.15, 0.2) is 5.01 Å². The van der Waals surface area contributed by atoms with Gasteiger partial charge in [-0.1, -0.05) is 11.3 Å². The number of nitrogens with one attached hydrogen (secondary N) is 1. The molecule has 1 N–H and O–H groups in total. The van der Waals surface area contributed by atoms with Crippen molar-refractivity contribution in [2.24, 2.45) is 0 Å². The second-order valence-electron chi connectivity index (χ2n) is 4.54. The second-order valence-corrected chi connectivity index (χ2v) is 5.52. The predicted octanol–water partition coefficient (Wildman–Crippen LogP) is 1.08. The van der Waals surface area contributed by atoms with E-state index in [1.165, 1.54) is 17.7 Å². The van der Waals surface area contributed by atoms with E-state index in [4.69, 9.17) is 0 Å². The molecule has 0 saturated heterocycles. The largest absolute Gasteiger partial charge is 0.350 e. The first kappa shape index (κ1) is 13.8. The van der Waals surface area contributed by atoms with Gasteiger partial charge in [0.05, 0.1) is 5.69 Å². The maximum Gasteiger partial charge on any atom is 0.280 e. The topological polar surface area (TPSA) is 71.0 Å². The molecule has 0 aliphatic rings. The van der Waals surface area contributed by atoms with E-state index in [2.05, 4.69) is 25.2 Å². The summed E-state index contributed by atoms with van der Waals surface area (Å²) >= 11 is 1.30. The lowest BCUT2D eigenvalue weighted by atomic mass is 10.4. The molecule has 0 radical (unpaired) electrons. The van der Waals surface area contributed by atoms with E-state index in [-0.39, 0.29) is 5.91 Å². The lowest BCUT2D eigenvalue weighted by molar-refractivity contribution is 0.0952. The van der Waals surface area contributed by atoms with Gasteiger partial charge in [0.1, 0.15) is 16.7 Å². The number of rotatable bonds is 5. The predicted molar refractivity (Wildman–Crippen MR) is 75.5 cm³/mol. The van der Waals surface area contributed by atoms with Crippen LogP contribution in [0.2, 0.25) is 0 Å². The van der Waals surface area contributed by atoms with Crippen molar-refractivity contribution in [2.45, 2.75) is 13.3 Å². The van der Waals surface area contributed by atoms with Crippen LogP contribution in [0.1, 0.15) is 21.9 Å². The molecule has 2 rings (SSSR count). The highest BCUT2D eigenvalue weighted by Crippen LogP contribution is 2.20. The third-order valence-corrected chi connectivity index (χ3v) is 3.60. The van der Waals surface area contributed by atoms with Crippen molar-refractivity contribution in [3.63, 3.8) is 0 Å². The van der Waals surface area contributed by atoms with E-state index in [1.54, 1.807) is 0 Å². The molecule has 2 aromatic heterocycles. The minimum Gasteiger partial charge on any atom is -0.350 e. The SMILES string of the molecule is Cc1ncnc2sc(C(=O)NCCCN(C)C)nc12. The maximum atomic E-state index is 11.9. The molecule has 0 atom stereocenters.